The molecule has 0 aromatic heterocycles. The number of nitrogens with zero attached hydrogens (tertiary/aromatic N) is 3. The van der Waals surface area contributed by atoms with Crippen molar-refractivity contribution < 1.29 is 13.5 Å². The summed E-state index contributed by atoms with van der Waals surface area (Å²) in [6, 6.07) is 6.41. The Morgan fingerprint density at radius 2 is 1.68 bits per heavy atom. The van der Waals surface area contributed by atoms with Gasteiger partial charge < -0.3 is 4.74 Å². The average Bonchev–Trinajstić information content (AvgIpc) is 2.81. The van der Waals surface area contributed by atoms with E-state index in [1.165, 1.54) is 0 Å². The molecule has 1 unspecified atom stereocenters. The number of benzene rings is 1. The zero-order valence-electron chi connectivity index (χ0n) is 14.2. The van der Waals surface area contributed by atoms with Gasteiger partial charge in [-0.15, -0.1) is 0 Å². The zero-order chi connectivity index (χ0) is 19.0. The molecule has 6 heteroatoms. The molecular formula is C19H15F2N3O. The maximum absolute atomic E-state index is 13.8. The number of ether oxygens (including phenoxy) is 1. The highest BCUT2D eigenvalue weighted by Gasteiger charge is 2.49. The second kappa shape index (κ2) is 6.04. The van der Waals surface area contributed by atoms with Crippen LogP contribution < -0.4 is 0 Å². The number of nitriles is 2. The smallest absolute Gasteiger partial charge is 0.234 e. The van der Waals surface area contributed by atoms with Gasteiger partial charge in [-0.1, -0.05) is 20.8 Å². The fourth-order valence-electron chi connectivity index (χ4n) is 3.15. The molecule has 0 aliphatic carbocycles. The molecule has 2 rings (SSSR count). The molecule has 1 aliphatic rings. The second-order valence-corrected chi connectivity index (χ2v) is 6.81. The number of halogens is 2. The van der Waals surface area contributed by atoms with Crippen molar-refractivity contribution in [3.8, 4) is 12.1 Å². The van der Waals surface area contributed by atoms with Gasteiger partial charge in [-0.2, -0.15) is 10.5 Å². The first-order valence-electron chi connectivity index (χ1n) is 7.41. The lowest BCUT2D eigenvalue weighted by atomic mass is 9.73. The fraction of sp³-hybridized carbons (Fsp3) is 0.316. The molecule has 1 atom stereocenters. The first kappa shape index (κ1) is 18.2. The lowest BCUT2D eigenvalue weighted by Gasteiger charge is -2.35. The Labute approximate surface area is 145 Å². The van der Waals surface area contributed by atoms with Gasteiger partial charge in [0, 0.05) is 11.6 Å². The molecule has 0 radical (unpaired) electrons. The Kier molecular flexibility index (Phi) is 4.39. The summed E-state index contributed by atoms with van der Waals surface area (Å²) >= 11 is 0. The van der Waals surface area contributed by atoms with Crippen LogP contribution in [0.1, 0.15) is 33.3 Å². The standard InChI is InChI=1S/C19H15F2N3O/c1-18(2,3)17-15(24-5)16(11(9-22)10-23)25-19(17,4)12-6-13(20)8-14(21)7-12/h6-8H,1-4H3. The van der Waals surface area contributed by atoms with Gasteiger partial charge in [-0.25, -0.2) is 13.6 Å². The molecule has 1 aliphatic heterocycles. The molecule has 1 aromatic rings. The summed E-state index contributed by atoms with van der Waals surface area (Å²) in [4.78, 5) is 3.46. The molecule has 0 saturated carbocycles. The van der Waals surface area contributed by atoms with Crippen molar-refractivity contribution in [1.29, 1.82) is 10.5 Å². The highest BCUT2D eigenvalue weighted by molar-refractivity contribution is 5.57. The van der Waals surface area contributed by atoms with Crippen LogP contribution in [0, 0.1) is 46.3 Å². The van der Waals surface area contributed by atoms with Gasteiger partial charge in [-0.05, 0) is 30.0 Å². The second-order valence-electron chi connectivity index (χ2n) is 6.81. The van der Waals surface area contributed by atoms with E-state index in [0.29, 0.717) is 5.57 Å². The molecular weight excluding hydrogens is 324 g/mol. The molecule has 1 heterocycles. The third-order valence-electron chi connectivity index (χ3n) is 3.96. The van der Waals surface area contributed by atoms with Gasteiger partial charge >= 0.3 is 0 Å². The Bertz CT molecular complexity index is 897. The molecule has 0 amide bonds. The number of hydrogen-bond acceptors (Lipinski definition) is 3. The van der Waals surface area contributed by atoms with Crippen molar-refractivity contribution in [3.05, 3.63) is 69.4 Å². The van der Waals surface area contributed by atoms with Crippen molar-refractivity contribution in [1.82, 2.24) is 0 Å². The lowest BCUT2D eigenvalue weighted by Crippen LogP contribution is -2.31. The SMILES string of the molecule is [C-]#[N+]C1=C(C(C)(C)C)C(C)(c2cc(F)cc(F)c2)OC1=C(C#N)C#N. The summed E-state index contributed by atoms with van der Waals surface area (Å²) in [5, 5.41) is 18.3. The predicted molar refractivity (Wildman–Crippen MR) is 86.1 cm³/mol. The van der Waals surface area contributed by atoms with Gasteiger partial charge in [0.25, 0.3) is 0 Å². The summed E-state index contributed by atoms with van der Waals surface area (Å²) in [5.41, 5.74) is -1.70. The van der Waals surface area contributed by atoms with Crippen molar-refractivity contribution in [2.45, 2.75) is 33.3 Å². The highest BCUT2D eigenvalue weighted by Crippen LogP contribution is 2.53. The third-order valence-corrected chi connectivity index (χ3v) is 3.96. The summed E-state index contributed by atoms with van der Waals surface area (Å²) in [6.07, 6.45) is 0. The molecule has 0 N–H and O–H groups in total. The average molecular weight is 339 g/mol. The van der Waals surface area contributed by atoms with E-state index in [1.807, 2.05) is 20.8 Å². The monoisotopic (exact) mass is 339 g/mol. The molecule has 25 heavy (non-hydrogen) atoms. The van der Waals surface area contributed by atoms with E-state index in [4.69, 9.17) is 21.8 Å². The predicted octanol–water partition coefficient (Wildman–Crippen LogP) is 4.73. The third kappa shape index (κ3) is 2.97. The first-order chi connectivity index (χ1) is 11.6. The minimum absolute atomic E-state index is 0.0257. The van der Waals surface area contributed by atoms with Crippen LogP contribution in [0.25, 0.3) is 4.85 Å². The van der Waals surface area contributed by atoms with Crippen LogP contribution in [0.15, 0.2) is 40.8 Å². The van der Waals surface area contributed by atoms with Gasteiger partial charge in [0.2, 0.25) is 5.70 Å². The molecule has 4 nitrogen and oxygen atoms in total. The summed E-state index contributed by atoms with van der Waals surface area (Å²) in [6.45, 7) is 14.5. The lowest BCUT2D eigenvalue weighted by molar-refractivity contribution is 0.0579. The zero-order valence-corrected chi connectivity index (χ0v) is 14.2. The van der Waals surface area contributed by atoms with Crippen molar-refractivity contribution in [2.75, 3.05) is 0 Å². The summed E-state index contributed by atoms with van der Waals surface area (Å²) in [5.74, 6) is -1.72. The Morgan fingerprint density at radius 3 is 2.08 bits per heavy atom. The van der Waals surface area contributed by atoms with E-state index in [9.17, 15) is 8.78 Å². The molecule has 0 fully saturated rings. The van der Waals surface area contributed by atoms with E-state index in [0.717, 1.165) is 18.2 Å². The van der Waals surface area contributed by atoms with Gasteiger partial charge in [0.15, 0.2) is 11.3 Å². The van der Waals surface area contributed by atoms with Crippen LogP contribution >= 0.6 is 0 Å². The van der Waals surface area contributed by atoms with E-state index in [-0.39, 0.29) is 22.6 Å². The Balaban J connectivity index is 2.91. The van der Waals surface area contributed by atoms with Crippen LogP contribution in [0.3, 0.4) is 0 Å². The van der Waals surface area contributed by atoms with Crippen LogP contribution in [0.4, 0.5) is 8.78 Å². The normalized spacial score (nSPS) is 19.7. The van der Waals surface area contributed by atoms with E-state index in [2.05, 4.69) is 4.85 Å². The highest BCUT2D eigenvalue weighted by atomic mass is 19.1. The number of rotatable bonds is 1. The van der Waals surface area contributed by atoms with Gasteiger partial charge in [0.05, 0.1) is 6.57 Å². The van der Waals surface area contributed by atoms with E-state index >= 15 is 0 Å². The fourth-order valence-corrected chi connectivity index (χ4v) is 3.15. The number of allylic oxidation sites excluding steroid dienone is 1. The van der Waals surface area contributed by atoms with Crippen LogP contribution in [0.5, 0.6) is 0 Å². The largest absolute Gasteiger partial charge is 0.489 e. The van der Waals surface area contributed by atoms with E-state index in [1.54, 1.807) is 19.1 Å². The van der Waals surface area contributed by atoms with Gasteiger partial charge in [0.1, 0.15) is 29.4 Å². The summed E-state index contributed by atoms with van der Waals surface area (Å²) < 4.78 is 33.4. The maximum Gasteiger partial charge on any atom is 0.234 e. The quantitative estimate of drug-likeness (QED) is 0.549. The van der Waals surface area contributed by atoms with Crippen LogP contribution in [-0.2, 0) is 10.3 Å². The summed E-state index contributed by atoms with van der Waals surface area (Å²) in [7, 11) is 0. The molecule has 126 valence electrons. The topological polar surface area (TPSA) is 61.2 Å². The van der Waals surface area contributed by atoms with E-state index < -0.39 is 22.7 Å². The van der Waals surface area contributed by atoms with Crippen molar-refractivity contribution >= 4 is 0 Å². The number of hydrogen-bond donors (Lipinski definition) is 0. The van der Waals surface area contributed by atoms with Crippen molar-refractivity contribution in [3.63, 3.8) is 0 Å². The maximum atomic E-state index is 13.8. The van der Waals surface area contributed by atoms with Crippen LogP contribution in [-0.4, -0.2) is 0 Å². The Hall–Kier alpha value is -3.17. The van der Waals surface area contributed by atoms with Gasteiger partial charge in [-0.3, -0.25) is 0 Å². The minimum atomic E-state index is -1.38. The minimum Gasteiger partial charge on any atom is -0.489 e. The molecule has 0 spiro atoms. The molecule has 0 saturated heterocycles. The first-order valence-corrected chi connectivity index (χ1v) is 7.41. The molecule has 1 aromatic carbocycles. The Morgan fingerprint density at radius 1 is 1.16 bits per heavy atom. The van der Waals surface area contributed by atoms with Crippen molar-refractivity contribution in [2.24, 2.45) is 5.41 Å². The van der Waals surface area contributed by atoms with Crippen LogP contribution in [0.2, 0.25) is 0 Å². The molecule has 0 bridgehead atoms.